The van der Waals surface area contributed by atoms with Crippen LogP contribution in [0.5, 0.6) is 0 Å². The number of nitrogens with zero attached hydrogens (tertiary/aromatic N) is 1. The second-order valence-corrected chi connectivity index (χ2v) is 5.42. The second kappa shape index (κ2) is 5.67. The summed E-state index contributed by atoms with van der Waals surface area (Å²) in [6.45, 7) is 0.606. The van der Waals surface area contributed by atoms with Gasteiger partial charge in [-0.25, -0.2) is 8.42 Å². The summed E-state index contributed by atoms with van der Waals surface area (Å²) in [5.74, 6) is 0.581. The van der Waals surface area contributed by atoms with Gasteiger partial charge in [-0.1, -0.05) is 0 Å². The van der Waals surface area contributed by atoms with Crippen LogP contribution in [0.2, 0.25) is 0 Å². The fourth-order valence-corrected chi connectivity index (χ4v) is 2.28. The summed E-state index contributed by atoms with van der Waals surface area (Å²) >= 11 is 5.53. The molecule has 0 bridgehead atoms. The minimum Gasteiger partial charge on any atom is -0.447 e. The van der Waals surface area contributed by atoms with Crippen molar-refractivity contribution in [2.24, 2.45) is 0 Å². The lowest BCUT2D eigenvalue weighted by Gasteiger charge is -2.14. The Hall–Kier alpha value is -0.560. The Bertz CT molecular complexity index is 428. The Morgan fingerprint density at radius 2 is 2.19 bits per heavy atom. The van der Waals surface area contributed by atoms with Gasteiger partial charge in [-0.05, 0) is 12.1 Å². The average Bonchev–Trinajstić information content (AvgIpc) is 2.74. The number of alkyl halides is 1. The molecule has 92 valence electrons. The van der Waals surface area contributed by atoms with Crippen molar-refractivity contribution < 1.29 is 17.6 Å². The van der Waals surface area contributed by atoms with Crippen molar-refractivity contribution in [2.45, 2.75) is 11.0 Å². The number of likely N-dealkylation sites (N-methyl/N-ethyl adjacent to an activating group) is 1. The van der Waals surface area contributed by atoms with Gasteiger partial charge >= 0.3 is 0 Å². The molecule has 0 aliphatic rings. The molecule has 0 atom stereocenters. The maximum Gasteiger partial charge on any atom is 0.276 e. The first-order chi connectivity index (χ1) is 7.52. The molecule has 1 rings (SSSR count). The van der Waals surface area contributed by atoms with Gasteiger partial charge in [0.25, 0.3) is 10.0 Å². The van der Waals surface area contributed by atoms with Crippen molar-refractivity contribution in [3.05, 3.63) is 17.9 Å². The van der Waals surface area contributed by atoms with Gasteiger partial charge < -0.3 is 9.15 Å². The van der Waals surface area contributed by atoms with Crippen LogP contribution >= 0.6 is 11.6 Å². The molecule has 5 nitrogen and oxygen atoms in total. The first kappa shape index (κ1) is 13.5. The Kier molecular flexibility index (Phi) is 4.79. The summed E-state index contributed by atoms with van der Waals surface area (Å²) in [5, 5.41) is -0.0956. The van der Waals surface area contributed by atoms with E-state index in [1.54, 1.807) is 6.07 Å². The molecule has 0 saturated heterocycles. The highest BCUT2D eigenvalue weighted by molar-refractivity contribution is 7.89. The average molecular weight is 268 g/mol. The molecule has 0 spiro atoms. The van der Waals surface area contributed by atoms with Crippen LogP contribution in [0.4, 0.5) is 0 Å². The molecule has 0 radical (unpaired) electrons. The van der Waals surface area contributed by atoms with E-state index in [0.717, 1.165) is 0 Å². The highest BCUT2D eigenvalue weighted by atomic mass is 35.5. The highest BCUT2D eigenvalue weighted by Crippen LogP contribution is 2.18. The number of hydrogen-bond donors (Lipinski definition) is 0. The molecule has 7 heteroatoms. The Morgan fingerprint density at radius 1 is 1.50 bits per heavy atom. The first-order valence-corrected chi connectivity index (χ1v) is 6.59. The van der Waals surface area contributed by atoms with Crippen molar-refractivity contribution in [3.63, 3.8) is 0 Å². The summed E-state index contributed by atoms with van der Waals surface area (Å²) in [7, 11) is -0.590. The molecule has 0 amide bonds. The Balaban J connectivity index is 2.84. The monoisotopic (exact) mass is 267 g/mol. The zero-order valence-corrected chi connectivity index (χ0v) is 10.7. The molecule has 0 fully saturated rings. The highest BCUT2D eigenvalue weighted by Gasteiger charge is 2.24. The van der Waals surface area contributed by atoms with Crippen LogP contribution < -0.4 is 0 Å². The lowest BCUT2D eigenvalue weighted by molar-refractivity contribution is 0.184. The molecular formula is C9H14ClNO4S. The molecule has 1 aromatic heterocycles. The topological polar surface area (TPSA) is 59.8 Å². The Morgan fingerprint density at radius 3 is 2.69 bits per heavy atom. The largest absolute Gasteiger partial charge is 0.447 e. The third-order valence-corrected chi connectivity index (χ3v) is 4.04. The third kappa shape index (κ3) is 2.98. The van der Waals surface area contributed by atoms with Crippen LogP contribution in [-0.2, 0) is 20.6 Å². The minimum absolute atomic E-state index is 0.0956. The number of methoxy groups -OCH3 is 1. The summed E-state index contributed by atoms with van der Waals surface area (Å²) in [4.78, 5) is 0. The summed E-state index contributed by atoms with van der Waals surface area (Å²) in [6.07, 6.45) is 0. The van der Waals surface area contributed by atoms with Crippen LogP contribution in [0.1, 0.15) is 5.76 Å². The van der Waals surface area contributed by atoms with Gasteiger partial charge in [0.05, 0.1) is 12.5 Å². The van der Waals surface area contributed by atoms with Gasteiger partial charge in [-0.15, -0.1) is 11.6 Å². The summed E-state index contributed by atoms with van der Waals surface area (Å²) in [5.41, 5.74) is 0. The van der Waals surface area contributed by atoms with Crippen molar-refractivity contribution in [3.8, 4) is 0 Å². The quantitative estimate of drug-likeness (QED) is 0.729. The molecule has 1 aromatic rings. The van der Waals surface area contributed by atoms with Gasteiger partial charge in [-0.3, -0.25) is 0 Å². The number of rotatable bonds is 6. The van der Waals surface area contributed by atoms with Crippen molar-refractivity contribution in [1.29, 1.82) is 0 Å². The van der Waals surface area contributed by atoms with E-state index in [1.807, 2.05) is 0 Å². The van der Waals surface area contributed by atoms with E-state index in [9.17, 15) is 8.42 Å². The second-order valence-electron chi connectivity index (χ2n) is 3.17. The van der Waals surface area contributed by atoms with Crippen LogP contribution in [-0.4, -0.2) is 40.0 Å². The predicted molar refractivity (Wildman–Crippen MR) is 60.0 cm³/mol. The van der Waals surface area contributed by atoms with Gasteiger partial charge in [0, 0.05) is 20.7 Å². The molecule has 0 aliphatic heterocycles. The molecule has 0 N–H and O–H groups in total. The molecule has 0 aromatic carbocycles. The molecule has 1 heterocycles. The fourth-order valence-electron chi connectivity index (χ4n) is 1.06. The first-order valence-electron chi connectivity index (χ1n) is 4.62. The lowest BCUT2D eigenvalue weighted by Crippen LogP contribution is -2.29. The van der Waals surface area contributed by atoms with Crippen LogP contribution in [0.15, 0.2) is 21.6 Å². The van der Waals surface area contributed by atoms with Gasteiger partial charge in [-0.2, -0.15) is 4.31 Å². The van der Waals surface area contributed by atoms with E-state index in [1.165, 1.54) is 24.5 Å². The zero-order chi connectivity index (χ0) is 12.2. The number of furan rings is 1. The van der Waals surface area contributed by atoms with Gasteiger partial charge in [0.1, 0.15) is 5.76 Å². The van der Waals surface area contributed by atoms with Gasteiger partial charge in [0.15, 0.2) is 0 Å². The fraction of sp³-hybridized carbons (Fsp3) is 0.556. The normalized spacial score (nSPS) is 12.2. The van der Waals surface area contributed by atoms with Crippen LogP contribution in [0.25, 0.3) is 0 Å². The van der Waals surface area contributed by atoms with E-state index in [0.29, 0.717) is 12.4 Å². The Labute approximate surface area is 100.0 Å². The standard InChI is InChI=1S/C9H14ClNO4S/c1-11(5-6-14-2)16(12,13)9-4-3-8(7-10)15-9/h3-4H,5-7H2,1-2H3. The van der Waals surface area contributed by atoms with E-state index in [-0.39, 0.29) is 17.5 Å². The summed E-state index contributed by atoms with van der Waals surface area (Å²) < 4.78 is 34.9. The smallest absolute Gasteiger partial charge is 0.276 e. The van der Waals surface area contributed by atoms with Crippen molar-refractivity contribution in [2.75, 3.05) is 27.3 Å². The molecular weight excluding hydrogens is 254 g/mol. The molecule has 16 heavy (non-hydrogen) atoms. The number of hydrogen-bond acceptors (Lipinski definition) is 4. The zero-order valence-electron chi connectivity index (χ0n) is 9.14. The van der Waals surface area contributed by atoms with Crippen molar-refractivity contribution in [1.82, 2.24) is 4.31 Å². The maximum absolute atomic E-state index is 11.9. The van der Waals surface area contributed by atoms with Crippen LogP contribution in [0.3, 0.4) is 0 Å². The third-order valence-electron chi connectivity index (χ3n) is 2.04. The maximum atomic E-state index is 11.9. The van der Waals surface area contributed by atoms with E-state index in [4.69, 9.17) is 20.8 Å². The van der Waals surface area contributed by atoms with E-state index >= 15 is 0 Å². The minimum atomic E-state index is -3.57. The number of ether oxygens (including phenoxy) is 1. The lowest BCUT2D eigenvalue weighted by atomic mass is 10.5. The van der Waals surface area contributed by atoms with Crippen molar-refractivity contribution >= 4 is 21.6 Å². The SMILES string of the molecule is COCCN(C)S(=O)(=O)c1ccc(CCl)o1. The van der Waals surface area contributed by atoms with E-state index < -0.39 is 10.0 Å². The number of halogens is 1. The molecule has 0 saturated carbocycles. The van der Waals surface area contributed by atoms with E-state index in [2.05, 4.69) is 0 Å². The number of sulfonamides is 1. The predicted octanol–water partition coefficient (Wildman–Crippen LogP) is 1.29. The summed E-state index contributed by atoms with van der Waals surface area (Å²) in [6, 6.07) is 2.94. The van der Waals surface area contributed by atoms with Gasteiger partial charge in [0.2, 0.25) is 5.09 Å². The molecule has 0 aliphatic carbocycles. The van der Waals surface area contributed by atoms with Crippen LogP contribution in [0, 0.1) is 0 Å². The molecule has 0 unspecified atom stereocenters.